The average molecular weight is 487 g/mol. The first-order chi connectivity index (χ1) is 18.9. The van der Waals surface area contributed by atoms with Gasteiger partial charge in [-0.2, -0.15) is 0 Å². The Labute approximate surface area is 220 Å². The zero-order valence-electron chi connectivity index (χ0n) is 20.5. The maximum atomic E-state index is 5.10. The van der Waals surface area contributed by atoms with Crippen molar-refractivity contribution in [2.45, 2.75) is 0 Å². The fraction of sp³-hybridized carbons (Fsp3) is 0. The molecule has 4 aromatic heterocycles. The Morgan fingerprint density at radius 2 is 1.03 bits per heavy atom. The van der Waals surface area contributed by atoms with E-state index in [4.69, 9.17) is 9.97 Å². The van der Waals surface area contributed by atoms with Crippen LogP contribution < -0.4 is 0 Å². The molecule has 0 saturated heterocycles. The van der Waals surface area contributed by atoms with Gasteiger partial charge in [0.05, 0.1) is 22.8 Å². The standard InChI is InChI=1S/C34H22N4/c1-3-12-27-25(10-1)33(24-17-18-31(37-22-24)30-14-5-6-20-36-30)26-11-2-4-13-28(26)34(27)32-16-7-15-29(38-32)23-9-8-19-35-21-23/h1-22H. The summed E-state index contributed by atoms with van der Waals surface area (Å²) in [5.74, 6) is 0. The largest absolute Gasteiger partial charge is 0.264 e. The molecule has 0 fully saturated rings. The van der Waals surface area contributed by atoms with E-state index in [2.05, 4.69) is 76.7 Å². The van der Waals surface area contributed by atoms with Crippen LogP contribution >= 0.6 is 0 Å². The second kappa shape index (κ2) is 9.34. The van der Waals surface area contributed by atoms with Crippen LogP contribution in [0.15, 0.2) is 134 Å². The van der Waals surface area contributed by atoms with E-state index in [0.717, 1.165) is 50.2 Å². The van der Waals surface area contributed by atoms with Crippen molar-refractivity contribution in [2.75, 3.05) is 0 Å². The van der Waals surface area contributed by atoms with Crippen molar-refractivity contribution >= 4 is 21.5 Å². The van der Waals surface area contributed by atoms with Crippen molar-refractivity contribution in [2.24, 2.45) is 0 Å². The van der Waals surface area contributed by atoms with Gasteiger partial charge in [-0.05, 0) is 69.6 Å². The van der Waals surface area contributed by atoms with Crippen LogP contribution in [0.5, 0.6) is 0 Å². The summed E-state index contributed by atoms with van der Waals surface area (Å²) in [5.41, 5.74) is 7.93. The SMILES string of the molecule is c1ccc(-c2ccc(-c3c4ccccc4c(-c4cccc(-c5cccnc5)n4)c4ccccc34)cn2)nc1. The zero-order valence-corrected chi connectivity index (χ0v) is 20.5. The van der Waals surface area contributed by atoms with Crippen LogP contribution in [-0.4, -0.2) is 19.9 Å². The molecule has 0 N–H and O–H groups in total. The Balaban J connectivity index is 1.47. The lowest BCUT2D eigenvalue weighted by molar-refractivity contribution is 1.25. The maximum absolute atomic E-state index is 5.10. The number of fused-ring (bicyclic) bond motifs is 2. The van der Waals surface area contributed by atoms with Gasteiger partial charge >= 0.3 is 0 Å². The van der Waals surface area contributed by atoms with E-state index in [1.165, 1.54) is 16.3 Å². The van der Waals surface area contributed by atoms with E-state index < -0.39 is 0 Å². The highest BCUT2D eigenvalue weighted by molar-refractivity contribution is 6.21. The lowest BCUT2D eigenvalue weighted by Crippen LogP contribution is -1.94. The molecule has 0 aliphatic carbocycles. The van der Waals surface area contributed by atoms with E-state index in [9.17, 15) is 0 Å². The van der Waals surface area contributed by atoms with Crippen molar-refractivity contribution in [1.82, 2.24) is 19.9 Å². The molecule has 0 atom stereocenters. The van der Waals surface area contributed by atoms with E-state index in [1.54, 1.807) is 12.4 Å². The van der Waals surface area contributed by atoms with Crippen LogP contribution in [0.25, 0.3) is 66.6 Å². The Kier molecular flexibility index (Phi) is 5.41. The second-order valence-corrected chi connectivity index (χ2v) is 9.14. The molecule has 0 radical (unpaired) electrons. The van der Waals surface area contributed by atoms with Gasteiger partial charge in [-0.3, -0.25) is 15.0 Å². The van der Waals surface area contributed by atoms with Crippen molar-refractivity contribution in [3.8, 4) is 45.0 Å². The normalized spacial score (nSPS) is 11.2. The summed E-state index contributed by atoms with van der Waals surface area (Å²) < 4.78 is 0. The molecule has 178 valence electrons. The minimum Gasteiger partial charge on any atom is -0.264 e. The lowest BCUT2D eigenvalue weighted by atomic mass is 9.87. The van der Waals surface area contributed by atoms with Crippen LogP contribution in [0.2, 0.25) is 0 Å². The van der Waals surface area contributed by atoms with Crippen LogP contribution in [0.1, 0.15) is 0 Å². The molecule has 7 rings (SSSR count). The molecule has 0 amide bonds. The van der Waals surface area contributed by atoms with Gasteiger partial charge < -0.3 is 0 Å². The first kappa shape index (κ1) is 22.0. The molecule has 4 heteroatoms. The third kappa shape index (κ3) is 3.80. The van der Waals surface area contributed by atoms with E-state index in [0.29, 0.717) is 0 Å². The summed E-state index contributed by atoms with van der Waals surface area (Å²) in [6, 6.07) is 37.4. The molecule has 4 nitrogen and oxygen atoms in total. The van der Waals surface area contributed by atoms with Crippen LogP contribution in [-0.2, 0) is 0 Å². The number of hydrogen-bond donors (Lipinski definition) is 0. The molecule has 38 heavy (non-hydrogen) atoms. The number of rotatable bonds is 4. The molecular formula is C34H22N4. The molecule has 0 spiro atoms. The number of nitrogens with zero attached hydrogens (tertiary/aromatic N) is 4. The van der Waals surface area contributed by atoms with E-state index >= 15 is 0 Å². The second-order valence-electron chi connectivity index (χ2n) is 9.14. The summed E-state index contributed by atoms with van der Waals surface area (Å²) in [6.45, 7) is 0. The fourth-order valence-corrected chi connectivity index (χ4v) is 5.17. The zero-order chi connectivity index (χ0) is 25.3. The molecular weight excluding hydrogens is 464 g/mol. The maximum Gasteiger partial charge on any atom is 0.0886 e. The van der Waals surface area contributed by atoms with Gasteiger partial charge in [0.15, 0.2) is 0 Å². The Hall–Kier alpha value is -5.22. The third-order valence-electron chi connectivity index (χ3n) is 6.87. The minimum absolute atomic E-state index is 0.857. The smallest absolute Gasteiger partial charge is 0.0886 e. The van der Waals surface area contributed by atoms with Crippen molar-refractivity contribution in [3.05, 3.63) is 134 Å². The number of pyridine rings is 4. The molecule has 0 aliphatic rings. The summed E-state index contributed by atoms with van der Waals surface area (Å²) in [4.78, 5) is 18.6. The van der Waals surface area contributed by atoms with Gasteiger partial charge in [0, 0.05) is 41.5 Å². The molecule has 0 aliphatic heterocycles. The summed E-state index contributed by atoms with van der Waals surface area (Å²) in [7, 11) is 0. The van der Waals surface area contributed by atoms with Crippen LogP contribution in [0.3, 0.4) is 0 Å². The summed E-state index contributed by atoms with van der Waals surface area (Å²) in [6.07, 6.45) is 7.39. The predicted octanol–water partition coefficient (Wildman–Crippen LogP) is 8.24. The van der Waals surface area contributed by atoms with Gasteiger partial charge in [-0.15, -0.1) is 0 Å². The Morgan fingerprint density at radius 3 is 1.66 bits per heavy atom. The topological polar surface area (TPSA) is 51.6 Å². The number of aromatic nitrogens is 4. The highest BCUT2D eigenvalue weighted by Gasteiger charge is 2.18. The first-order valence-electron chi connectivity index (χ1n) is 12.6. The quantitative estimate of drug-likeness (QED) is 0.235. The Morgan fingerprint density at radius 1 is 0.368 bits per heavy atom. The number of benzene rings is 3. The summed E-state index contributed by atoms with van der Waals surface area (Å²) >= 11 is 0. The van der Waals surface area contributed by atoms with Crippen molar-refractivity contribution in [3.63, 3.8) is 0 Å². The molecule has 3 aromatic carbocycles. The number of hydrogen-bond acceptors (Lipinski definition) is 4. The summed E-state index contributed by atoms with van der Waals surface area (Å²) in [5, 5.41) is 4.65. The minimum atomic E-state index is 0.857. The third-order valence-corrected chi connectivity index (χ3v) is 6.87. The predicted molar refractivity (Wildman–Crippen MR) is 154 cm³/mol. The first-order valence-corrected chi connectivity index (χ1v) is 12.6. The molecule has 0 bridgehead atoms. The van der Waals surface area contributed by atoms with E-state index in [1.807, 2.05) is 54.9 Å². The van der Waals surface area contributed by atoms with E-state index in [-0.39, 0.29) is 0 Å². The fourth-order valence-electron chi connectivity index (χ4n) is 5.17. The van der Waals surface area contributed by atoms with Crippen molar-refractivity contribution < 1.29 is 0 Å². The molecule has 7 aromatic rings. The average Bonchev–Trinajstić information content (AvgIpc) is 3.01. The van der Waals surface area contributed by atoms with Gasteiger partial charge in [-0.1, -0.05) is 66.7 Å². The monoisotopic (exact) mass is 486 g/mol. The highest BCUT2D eigenvalue weighted by Crippen LogP contribution is 2.43. The highest BCUT2D eigenvalue weighted by atomic mass is 14.8. The molecule has 0 unspecified atom stereocenters. The van der Waals surface area contributed by atoms with Gasteiger partial charge in [0.2, 0.25) is 0 Å². The molecule has 0 saturated carbocycles. The van der Waals surface area contributed by atoms with Crippen LogP contribution in [0.4, 0.5) is 0 Å². The van der Waals surface area contributed by atoms with Crippen molar-refractivity contribution in [1.29, 1.82) is 0 Å². The molecule has 4 heterocycles. The van der Waals surface area contributed by atoms with Crippen LogP contribution in [0, 0.1) is 0 Å². The Bertz CT molecular complexity index is 1840. The van der Waals surface area contributed by atoms with Gasteiger partial charge in [0.1, 0.15) is 0 Å². The lowest BCUT2D eigenvalue weighted by Gasteiger charge is -2.17. The van der Waals surface area contributed by atoms with Gasteiger partial charge in [-0.25, -0.2) is 4.98 Å². The van der Waals surface area contributed by atoms with Gasteiger partial charge in [0.25, 0.3) is 0 Å².